The lowest BCUT2D eigenvalue weighted by molar-refractivity contribution is 0.101. The van der Waals surface area contributed by atoms with E-state index in [1.54, 1.807) is 6.07 Å². The van der Waals surface area contributed by atoms with Crippen LogP contribution in [0.4, 0.5) is 0 Å². The number of ketones is 1. The van der Waals surface area contributed by atoms with Crippen molar-refractivity contribution in [2.75, 3.05) is 0 Å². The van der Waals surface area contributed by atoms with Crippen LogP contribution in [0.5, 0.6) is 0 Å². The molecule has 4 aromatic rings. The summed E-state index contributed by atoms with van der Waals surface area (Å²) in [5.41, 5.74) is 1.88. The quantitative estimate of drug-likeness (QED) is 0.310. The van der Waals surface area contributed by atoms with Gasteiger partial charge in [0, 0.05) is 5.39 Å². The Kier molecular flexibility index (Phi) is 3.69. The normalized spacial score (nSPS) is 11.1. The van der Waals surface area contributed by atoms with Crippen LogP contribution in [0.1, 0.15) is 28.4 Å². The molecule has 0 aliphatic rings. The van der Waals surface area contributed by atoms with Gasteiger partial charge in [0.25, 0.3) is 0 Å². The highest BCUT2D eigenvalue weighted by molar-refractivity contribution is 6.10. The lowest BCUT2D eigenvalue weighted by Gasteiger charge is -2.12. The Bertz CT molecular complexity index is 1150. The van der Waals surface area contributed by atoms with Gasteiger partial charge in [-0.3, -0.25) is 4.79 Å². The number of hydrogen-bond acceptors (Lipinski definition) is 3. The van der Waals surface area contributed by atoms with Gasteiger partial charge < -0.3 is 4.42 Å². The highest BCUT2D eigenvalue weighted by atomic mass is 16.4. The topological polar surface area (TPSA) is 47.3 Å². The summed E-state index contributed by atoms with van der Waals surface area (Å²) in [6.07, 6.45) is 0.506. The molecule has 0 bridgehead atoms. The molecule has 0 atom stereocenters. The van der Waals surface area contributed by atoms with Crippen molar-refractivity contribution in [3.05, 3.63) is 93.8 Å². The zero-order valence-electron chi connectivity index (χ0n) is 13.8. The number of rotatable bonds is 3. The van der Waals surface area contributed by atoms with Crippen molar-refractivity contribution < 1.29 is 9.21 Å². The lowest BCUT2D eigenvalue weighted by Crippen LogP contribution is -2.16. The van der Waals surface area contributed by atoms with Gasteiger partial charge in [-0.25, -0.2) is 4.79 Å². The van der Waals surface area contributed by atoms with E-state index in [9.17, 15) is 9.59 Å². The maximum atomic E-state index is 12.4. The molecule has 0 aliphatic heterocycles. The Labute approximate surface area is 144 Å². The van der Waals surface area contributed by atoms with Crippen LogP contribution in [0.2, 0.25) is 0 Å². The fourth-order valence-electron chi connectivity index (χ4n) is 3.38. The Morgan fingerprint density at radius 2 is 1.64 bits per heavy atom. The average molecular weight is 328 g/mol. The second-order valence-electron chi connectivity index (χ2n) is 6.12. The molecule has 0 fully saturated rings. The maximum absolute atomic E-state index is 12.4. The fraction of sp³-hybridized carbons (Fsp3) is 0.0909. The summed E-state index contributed by atoms with van der Waals surface area (Å²) in [6, 6.07) is 21.5. The summed E-state index contributed by atoms with van der Waals surface area (Å²) < 4.78 is 5.46. The van der Waals surface area contributed by atoms with Crippen molar-refractivity contribution in [2.24, 2.45) is 0 Å². The molecule has 0 saturated heterocycles. The van der Waals surface area contributed by atoms with E-state index in [1.165, 1.54) is 6.92 Å². The van der Waals surface area contributed by atoms with E-state index < -0.39 is 5.63 Å². The van der Waals surface area contributed by atoms with Crippen LogP contribution in [-0.4, -0.2) is 5.78 Å². The van der Waals surface area contributed by atoms with Gasteiger partial charge in [0.05, 0.1) is 0 Å². The molecule has 3 nitrogen and oxygen atoms in total. The van der Waals surface area contributed by atoms with Gasteiger partial charge >= 0.3 is 5.63 Å². The highest BCUT2D eigenvalue weighted by Gasteiger charge is 2.20. The second kappa shape index (κ2) is 6.02. The molecule has 4 rings (SSSR count). The first-order valence-electron chi connectivity index (χ1n) is 8.17. The van der Waals surface area contributed by atoms with Crippen LogP contribution in [0.25, 0.3) is 21.7 Å². The van der Waals surface area contributed by atoms with Gasteiger partial charge in [-0.2, -0.15) is 0 Å². The average Bonchev–Trinajstić information content (AvgIpc) is 2.61. The summed E-state index contributed by atoms with van der Waals surface area (Å²) in [7, 11) is 0. The van der Waals surface area contributed by atoms with Crippen LogP contribution in [0, 0.1) is 0 Å². The first-order chi connectivity index (χ1) is 12.1. The van der Waals surface area contributed by atoms with Crippen molar-refractivity contribution >= 4 is 27.5 Å². The number of fused-ring (bicyclic) bond motifs is 3. The number of hydrogen-bond donors (Lipinski definition) is 0. The minimum atomic E-state index is -0.568. The zero-order valence-corrected chi connectivity index (χ0v) is 13.8. The molecule has 0 spiro atoms. The largest absolute Gasteiger partial charge is 0.422 e. The molecule has 0 saturated carbocycles. The number of Topliss-reactive ketones (excluding diaryl/α,β-unsaturated/α-hetero) is 1. The van der Waals surface area contributed by atoms with Gasteiger partial charge in [0.1, 0.15) is 11.1 Å². The van der Waals surface area contributed by atoms with E-state index in [1.807, 2.05) is 60.7 Å². The Balaban J connectivity index is 2.14. The molecular weight excluding hydrogens is 312 g/mol. The Hall–Kier alpha value is -3.20. The number of carbonyl (C=O) groups excluding carboxylic acids is 1. The Morgan fingerprint density at radius 3 is 2.40 bits per heavy atom. The summed E-state index contributed by atoms with van der Waals surface area (Å²) in [4.78, 5) is 24.6. The summed E-state index contributed by atoms with van der Waals surface area (Å²) >= 11 is 0. The van der Waals surface area contributed by atoms with Crippen molar-refractivity contribution in [3.8, 4) is 0 Å². The van der Waals surface area contributed by atoms with Crippen LogP contribution >= 0.6 is 0 Å². The molecule has 3 heteroatoms. The Morgan fingerprint density at radius 1 is 0.920 bits per heavy atom. The van der Waals surface area contributed by atoms with E-state index in [-0.39, 0.29) is 11.3 Å². The predicted molar refractivity (Wildman–Crippen MR) is 99.2 cm³/mol. The standard InChI is InChI=1S/C22H16O3/c1-14(23)20-18(13-15-7-3-2-4-8-15)21-17-10-6-5-9-16(17)11-12-19(21)25-22(20)24/h2-12H,13H2,1H3. The fourth-order valence-corrected chi connectivity index (χ4v) is 3.38. The smallest absolute Gasteiger partial charge is 0.347 e. The van der Waals surface area contributed by atoms with Crippen LogP contribution in [-0.2, 0) is 6.42 Å². The lowest BCUT2D eigenvalue weighted by atomic mass is 9.93. The summed E-state index contributed by atoms with van der Waals surface area (Å²) in [5.74, 6) is -0.269. The summed E-state index contributed by atoms with van der Waals surface area (Å²) in [5, 5.41) is 2.87. The van der Waals surface area contributed by atoms with Crippen molar-refractivity contribution in [2.45, 2.75) is 13.3 Å². The van der Waals surface area contributed by atoms with Crippen molar-refractivity contribution in [3.63, 3.8) is 0 Å². The minimum Gasteiger partial charge on any atom is -0.422 e. The highest BCUT2D eigenvalue weighted by Crippen LogP contribution is 2.30. The molecule has 1 heterocycles. The first-order valence-corrected chi connectivity index (χ1v) is 8.17. The number of benzene rings is 3. The van der Waals surface area contributed by atoms with E-state index in [4.69, 9.17) is 4.42 Å². The molecular formula is C22H16O3. The molecule has 0 aliphatic carbocycles. The third-order valence-corrected chi connectivity index (χ3v) is 4.48. The number of carbonyl (C=O) groups is 1. The van der Waals surface area contributed by atoms with Crippen molar-refractivity contribution in [1.29, 1.82) is 0 Å². The molecule has 0 amide bonds. The van der Waals surface area contributed by atoms with Gasteiger partial charge in [-0.05, 0) is 41.3 Å². The second-order valence-corrected chi connectivity index (χ2v) is 6.12. The molecule has 3 aromatic carbocycles. The van der Waals surface area contributed by atoms with Crippen LogP contribution in [0.15, 0.2) is 75.9 Å². The van der Waals surface area contributed by atoms with Crippen LogP contribution in [0.3, 0.4) is 0 Å². The summed E-state index contributed by atoms with van der Waals surface area (Å²) in [6.45, 7) is 1.41. The van der Waals surface area contributed by atoms with Crippen LogP contribution < -0.4 is 5.63 Å². The monoisotopic (exact) mass is 328 g/mol. The molecule has 0 N–H and O–H groups in total. The van der Waals surface area contributed by atoms with Gasteiger partial charge in [-0.1, -0.05) is 60.7 Å². The van der Waals surface area contributed by atoms with Gasteiger partial charge in [-0.15, -0.1) is 0 Å². The molecule has 25 heavy (non-hydrogen) atoms. The first kappa shape index (κ1) is 15.3. The minimum absolute atomic E-state index is 0.146. The third kappa shape index (κ3) is 2.64. The zero-order chi connectivity index (χ0) is 17.4. The van der Waals surface area contributed by atoms with E-state index in [2.05, 4.69) is 0 Å². The molecule has 122 valence electrons. The van der Waals surface area contributed by atoms with Gasteiger partial charge in [0.2, 0.25) is 0 Å². The SMILES string of the molecule is CC(=O)c1c(Cc2ccccc2)c2c(ccc3ccccc32)oc1=O. The van der Waals surface area contributed by atoms with E-state index >= 15 is 0 Å². The molecule has 0 radical (unpaired) electrons. The third-order valence-electron chi connectivity index (χ3n) is 4.48. The molecule has 1 aromatic heterocycles. The van der Waals surface area contributed by atoms with E-state index in [0.717, 1.165) is 27.3 Å². The maximum Gasteiger partial charge on any atom is 0.347 e. The van der Waals surface area contributed by atoms with E-state index in [0.29, 0.717) is 12.0 Å². The van der Waals surface area contributed by atoms with Gasteiger partial charge in [0.15, 0.2) is 5.78 Å². The predicted octanol–water partition coefficient (Wildman–Crippen LogP) is 4.74. The van der Waals surface area contributed by atoms with Crippen molar-refractivity contribution in [1.82, 2.24) is 0 Å². The molecule has 0 unspecified atom stereocenters.